The summed E-state index contributed by atoms with van der Waals surface area (Å²) in [6.45, 7) is 4.31. The summed E-state index contributed by atoms with van der Waals surface area (Å²) < 4.78 is 28.1. The van der Waals surface area contributed by atoms with Crippen LogP contribution in [-0.2, 0) is 10.0 Å². The molecular formula is C13H15BrN4O2S. The van der Waals surface area contributed by atoms with Gasteiger partial charge in [0.1, 0.15) is 16.5 Å². The molecule has 0 aromatic carbocycles. The summed E-state index contributed by atoms with van der Waals surface area (Å²) in [6, 6.07) is 4.96. The lowest BCUT2D eigenvalue weighted by atomic mass is 10.3. The Bertz CT molecular complexity index is 750. The molecule has 2 heterocycles. The summed E-state index contributed by atoms with van der Waals surface area (Å²) in [5.74, 6) is 0.582. The minimum absolute atomic E-state index is 0.0713. The van der Waals surface area contributed by atoms with Crippen LogP contribution in [0.5, 0.6) is 0 Å². The molecule has 0 aliphatic carbocycles. The van der Waals surface area contributed by atoms with Crippen LogP contribution < -0.4 is 10.0 Å². The molecule has 0 spiro atoms. The largest absolute Gasteiger partial charge is 0.369 e. The van der Waals surface area contributed by atoms with Crippen LogP contribution in [0, 0.1) is 6.92 Å². The zero-order valence-electron chi connectivity index (χ0n) is 11.6. The van der Waals surface area contributed by atoms with Gasteiger partial charge in [-0.1, -0.05) is 0 Å². The maximum Gasteiger partial charge on any atom is 0.266 e. The Kier molecular flexibility index (Phi) is 4.79. The molecule has 2 aromatic rings. The molecule has 0 atom stereocenters. The highest BCUT2D eigenvalue weighted by Crippen LogP contribution is 2.24. The second kappa shape index (κ2) is 6.40. The second-order valence-corrected chi connectivity index (χ2v) is 6.92. The van der Waals surface area contributed by atoms with Crippen molar-refractivity contribution in [3.63, 3.8) is 0 Å². The summed E-state index contributed by atoms with van der Waals surface area (Å²) in [7, 11) is -3.77. The molecule has 0 aliphatic heterocycles. The fraction of sp³-hybridized carbons (Fsp3) is 0.231. The maximum absolute atomic E-state index is 12.5. The molecule has 0 amide bonds. The van der Waals surface area contributed by atoms with Crippen LogP contribution in [0.4, 0.5) is 11.6 Å². The standard InChI is InChI=1S/C13H15BrN4O2S/c1-3-15-13-11(7-10(14)8-17-13)21(19,20)18-12-6-9(2)4-5-16-12/h4-8H,3H2,1-2H3,(H,15,17)(H,16,18). The van der Waals surface area contributed by atoms with Crippen LogP contribution in [-0.4, -0.2) is 24.9 Å². The van der Waals surface area contributed by atoms with Crippen molar-refractivity contribution >= 4 is 37.6 Å². The van der Waals surface area contributed by atoms with Crippen molar-refractivity contribution in [2.75, 3.05) is 16.6 Å². The van der Waals surface area contributed by atoms with Crippen LogP contribution in [0.15, 0.2) is 40.0 Å². The Hall–Kier alpha value is -1.67. The molecule has 2 aromatic heterocycles. The van der Waals surface area contributed by atoms with E-state index >= 15 is 0 Å². The molecule has 0 fully saturated rings. The molecular weight excluding hydrogens is 356 g/mol. The molecule has 0 saturated carbocycles. The maximum atomic E-state index is 12.5. The minimum Gasteiger partial charge on any atom is -0.369 e. The number of aryl methyl sites for hydroxylation is 1. The first-order chi connectivity index (χ1) is 9.92. The lowest BCUT2D eigenvalue weighted by Gasteiger charge is -2.12. The van der Waals surface area contributed by atoms with E-state index in [4.69, 9.17) is 0 Å². The van der Waals surface area contributed by atoms with Crippen molar-refractivity contribution in [3.8, 4) is 0 Å². The second-order valence-electron chi connectivity index (χ2n) is 4.35. The summed E-state index contributed by atoms with van der Waals surface area (Å²) in [4.78, 5) is 8.17. The molecule has 112 valence electrons. The van der Waals surface area contributed by atoms with Gasteiger partial charge in [0.25, 0.3) is 10.0 Å². The summed E-state index contributed by atoms with van der Waals surface area (Å²) >= 11 is 3.24. The molecule has 0 radical (unpaired) electrons. The first kappa shape index (κ1) is 15.7. The topological polar surface area (TPSA) is 84.0 Å². The molecule has 0 bridgehead atoms. The molecule has 2 rings (SSSR count). The molecule has 0 aliphatic rings. The normalized spacial score (nSPS) is 11.2. The van der Waals surface area contributed by atoms with Crippen molar-refractivity contribution in [1.29, 1.82) is 0 Å². The van der Waals surface area contributed by atoms with Gasteiger partial charge in [-0.05, 0) is 53.5 Å². The first-order valence-electron chi connectivity index (χ1n) is 6.27. The number of hydrogen-bond acceptors (Lipinski definition) is 5. The summed E-state index contributed by atoms with van der Waals surface area (Å²) in [5, 5.41) is 2.94. The van der Waals surface area contributed by atoms with E-state index in [0.717, 1.165) is 5.56 Å². The van der Waals surface area contributed by atoms with Crippen LogP contribution in [0.3, 0.4) is 0 Å². The lowest BCUT2D eigenvalue weighted by Crippen LogP contribution is -2.17. The SMILES string of the molecule is CCNc1ncc(Br)cc1S(=O)(=O)Nc1cc(C)ccn1. The monoisotopic (exact) mass is 370 g/mol. The van der Waals surface area contributed by atoms with Gasteiger partial charge in [0.2, 0.25) is 0 Å². The van der Waals surface area contributed by atoms with Crippen LogP contribution in [0.25, 0.3) is 0 Å². The van der Waals surface area contributed by atoms with Gasteiger partial charge in [-0.25, -0.2) is 18.4 Å². The number of hydrogen-bond donors (Lipinski definition) is 2. The highest BCUT2D eigenvalue weighted by atomic mass is 79.9. The fourth-order valence-electron chi connectivity index (χ4n) is 1.71. The van der Waals surface area contributed by atoms with Gasteiger partial charge in [-0.15, -0.1) is 0 Å². The van der Waals surface area contributed by atoms with Gasteiger partial charge in [-0.2, -0.15) is 0 Å². The Labute approximate surface area is 132 Å². The highest BCUT2D eigenvalue weighted by molar-refractivity contribution is 9.10. The highest BCUT2D eigenvalue weighted by Gasteiger charge is 2.20. The Morgan fingerprint density at radius 3 is 2.71 bits per heavy atom. The first-order valence-corrected chi connectivity index (χ1v) is 8.55. The van der Waals surface area contributed by atoms with E-state index in [1.807, 2.05) is 13.8 Å². The number of pyridine rings is 2. The Morgan fingerprint density at radius 1 is 1.29 bits per heavy atom. The molecule has 8 heteroatoms. The number of nitrogens with zero attached hydrogens (tertiary/aromatic N) is 2. The molecule has 21 heavy (non-hydrogen) atoms. The van der Waals surface area contributed by atoms with Gasteiger partial charge < -0.3 is 5.32 Å². The van der Waals surface area contributed by atoms with Gasteiger partial charge in [0, 0.05) is 23.4 Å². The van der Waals surface area contributed by atoms with Crippen molar-refractivity contribution in [2.24, 2.45) is 0 Å². The zero-order valence-corrected chi connectivity index (χ0v) is 14.0. The van der Waals surface area contributed by atoms with E-state index in [1.54, 1.807) is 24.5 Å². The molecule has 2 N–H and O–H groups in total. The lowest BCUT2D eigenvalue weighted by molar-refractivity contribution is 0.601. The third-order valence-corrected chi connectivity index (χ3v) is 4.41. The Morgan fingerprint density at radius 2 is 2.05 bits per heavy atom. The summed E-state index contributed by atoms with van der Waals surface area (Å²) in [5.41, 5.74) is 0.918. The number of nitrogens with one attached hydrogen (secondary N) is 2. The van der Waals surface area contributed by atoms with Crippen LogP contribution >= 0.6 is 15.9 Å². The average molecular weight is 371 g/mol. The van der Waals surface area contributed by atoms with Gasteiger partial charge >= 0.3 is 0 Å². The third-order valence-electron chi connectivity index (χ3n) is 2.61. The predicted molar refractivity (Wildman–Crippen MR) is 85.9 cm³/mol. The average Bonchev–Trinajstić information content (AvgIpc) is 2.40. The number of sulfonamides is 1. The van der Waals surface area contributed by atoms with E-state index in [2.05, 4.69) is 35.9 Å². The van der Waals surface area contributed by atoms with Gasteiger partial charge in [0.15, 0.2) is 0 Å². The third kappa shape index (κ3) is 3.92. The number of rotatable bonds is 5. The van der Waals surface area contributed by atoms with E-state index in [1.165, 1.54) is 6.07 Å². The predicted octanol–water partition coefficient (Wildman–Crippen LogP) is 2.78. The van der Waals surface area contributed by atoms with E-state index in [-0.39, 0.29) is 10.7 Å². The quantitative estimate of drug-likeness (QED) is 0.845. The van der Waals surface area contributed by atoms with E-state index in [0.29, 0.717) is 16.8 Å². The minimum atomic E-state index is -3.77. The van der Waals surface area contributed by atoms with Gasteiger partial charge in [-0.3, -0.25) is 4.72 Å². The van der Waals surface area contributed by atoms with Crippen molar-refractivity contribution in [2.45, 2.75) is 18.7 Å². The molecule has 0 unspecified atom stereocenters. The number of aromatic nitrogens is 2. The van der Waals surface area contributed by atoms with Crippen LogP contribution in [0.2, 0.25) is 0 Å². The van der Waals surface area contributed by atoms with Crippen molar-refractivity contribution in [3.05, 3.63) is 40.6 Å². The van der Waals surface area contributed by atoms with E-state index in [9.17, 15) is 8.42 Å². The van der Waals surface area contributed by atoms with Crippen molar-refractivity contribution < 1.29 is 8.42 Å². The fourth-order valence-corrected chi connectivity index (χ4v) is 3.35. The van der Waals surface area contributed by atoms with Crippen molar-refractivity contribution in [1.82, 2.24) is 9.97 Å². The van der Waals surface area contributed by atoms with E-state index < -0.39 is 10.0 Å². The molecule has 0 saturated heterocycles. The smallest absolute Gasteiger partial charge is 0.266 e. The van der Waals surface area contributed by atoms with Crippen LogP contribution in [0.1, 0.15) is 12.5 Å². The Balaban J connectivity index is 2.41. The summed E-state index contributed by atoms with van der Waals surface area (Å²) in [6.07, 6.45) is 3.10. The number of anilines is 2. The number of halogens is 1. The molecule has 6 nitrogen and oxygen atoms in total. The zero-order chi connectivity index (χ0) is 15.5. The van der Waals surface area contributed by atoms with Gasteiger partial charge in [0.05, 0.1) is 0 Å².